The second-order valence-corrected chi connectivity index (χ2v) is 19.5. The van der Waals surface area contributed by atoms with E-state index in [4.69, 9.17) is 4.74 Å². The molecule has 11 heteroatoms. The Morgan fingerprint density at radius 2 is 1.17 bits per heavy atom. The maximum Gasteiger partial charge on any atom is 0.243 e. The van der Waals surface area contributed by atoms with Crippen molar-refractivity contribution >= 4 is 29.4 Å². The van der Waals surface area contributed by atoms with Crippen LogP contribution in [0.25, 0.3) is 0 Å². The molecule has 11 nitrogen and oxygen atoms in total. The molecule has 4 amide bonds. The smallest absolute Gasteiger partial charge is 0.243 e. The highest BCUT2D eigenvalue weighted by atomic mass is 16.6. The third-order valence-electron chi connectivity index (χ3n) is 11.7. The number of Topliss-reactive ketones (excluding diaryl/α,β-unsaturated/α-hetero) is 1. The molecule has 0 radical (unpaired) electrons. The summed E-state index contributed by atoms with van der Waals surface area (Å²) in [6.07, 6.45) is 6.49. The molecule has 0 aromatic heterocycles. The van der Waals surface area contributed by atoms with Gasteiger partial charge in [0.2, 0.25) is 23.6 Å². The predicted molar refractivity (Wildman–Crippen MR) is 233 cm³/mol. The largest absolute Gasteiger partial charge is 0.361 e. The molecule has 326 valence electrons. The molecule has 2 aliphatic heterocycles. The normalized spacial score (nSPS) is 19.3. The fraction of sp³-hybridized carbons (Fsp3) is 0.646. The average Bonchev–Trinajstić information content (AvgIpc) is 3.93. The highest BCUT2D eigenvalue weighted by Crippen LogP contribution is 2.36. The van der Waals surface area contributed by atoms with Crippen LogP contribution in [0.4, 0.5) is 0 Å². The molecule has 5 atom stereocenters. The minimum absolute atomic E-state index is 0.0150. The summed E-state index contributed by atoms with van der Waals surface area (Å²) in [7, 11) is 0. The van der Waals surface area contributed by atoms with Crippen LogP contribution in [0.15, 0.2) is 60.7 Å². The summed E-state index contributed by atoms with van der Waals surface area (Å²) < 4.78 is 5.44. The number of ketones is 1. The van der Waals surface area contributed by atoms with Crippen molar-refractivity contribution in [2.24, 2.45) is 17.3 Å². The number of carbonyl (C=O) groups is 5. The first-order valence-corrected chi connectivity index (χ1v) is 22.0. The van der Waals surface area contributed by atoms with Crippen LogP contribution in [0.2, 0.25) is 0 Å². The van der Waals surface area contributed by atoms with E-state index >= 15 is 0 Å². The SMILES string of the molecule is CC(C)C[C@H](NC(=O)[C@H](CCc1ccccc1)NC(=O)CC(C)(C)CC(C)(C)N1CCCCC1)C(=O)N[C@@H](Cc1ccccc1)C(=O)N[C@@H](CC(C)C)C(=O)[C@@]1(C)CO1. The van der Waals surface area contributed by atoms with Crippen LogP contribution in [0, 0.1) is 17.3 Å². The van der Waals surface area contributed by atoms with Crippen molar-refractivity contribution in [1.82, 2.24) is 26.2 Å². The molecule has 2 aromatic carbocycles. The number of rotatable bonds is 23. The standard InChI is InChI=1S/C48H73N5O6/c1-33(2)27-38(42(55)48(9)32-59-48)50-45(58)40(29-36-21-15-11-16-22-36)52-44(57)39(28-34(3)4)51-43(56)37(24-23-35-19-13-10-14-20-35)49-41(54)30-46(5,6)31-47(7,8)53-25-17-12-18-26-53/h10-11,13-16,19-22,33-34,37-40H,12,17-18,23-32H2,1-9H3,(H,49,54)(H,50,58)(H,51,56)(H,52,57)/t37-,38-,39-,40-,48+/m0/s1. The van der Waals surface area contributed by atoms with E-state index in [1.807, 2.05) is 88.4 Å². The summed E-state index contributed by atoms with van der Waals surface area (Å²) in [5.41, 5.74) is 0.528. The van der Waals surface area contributed by atoms with Crippen molar-refractivity contribution in [2.75, 3.05) is 19.7 Å². The molecule has 2 heterocycles. The Kier molecular flexibility index (Phi) is 17.3. The van der Waals surface area contributed by atoms with E-state index in [1.165, 1.54) is 19.3 Å². The fourth-order valence-electron chi connectivity index (χ4n) is 8.65. The zero-order valence-electron chi connectivity index (χ0n) is 37.3. The number of benzene rings is 2. The molecule has 0 saturated carbocycles. The Morgan fingerprint density at radius 3 is 1.73 bits per heavy atom. The number of nitrogens with one attached hydrogen (secondary N) is 4. The molecule has 2 aromatic rings. The molecular formula is C48H73N5O6. The lowest BCUT2D eigenvalue weighted by atomic mass is 9.76. The second-order valence-electron chi connectivity index (χ2n) is 19.5. The van der Waals surface area contributed by atoms with Crippen molar-refractivity contribution in [1.29, 1.82) is 0 Å². The number of amides is 4. The molecule has 4 rings (SSSR count). The number of ether oxygens (including phenoxy) is 1. The van der Waals surface area contributed by atoms with E-state index in [9.17, 15) is 24.0 Å². The number of carbonyl (C=O) groups excluding carboxylic acids is 5. The topological polar surface area (TPSA) is 149 Å². The molecule has 0 aliphatic carbocycles. The quantitative estimate of drug-likeness (QED) is 0.0960. The first-order chi connectivity index (χ1) is 27.8. The molecule has 2 aliphatic rings. The van der Waals surface area contributed by atoms with Gasteiger partial charge in [0.05, 0.1) is 12.6 Å². The number of hydrogen-bond acceptors (Lipinski definition) is 7. The Balaban J connectivity index is 1.52. The molecule has 4 N–H and O–H groups in total. The molecule has 2 fully saturated rings. The Bertz CT molecular complexity index is 1680. The molecular weight excluding hydrogens is 743 g/mol. The zero-order chi connectivity index (χ0) is 43.4. The van der Waals surface area contributed by atoms with Crippen LogP contribution in [0.5, 0.6) is 0 Å². The minimum atomic E-state index is -1.03. The predicted octanol–water partition coefficient (Wildman–Crippen LogP) is 6.32. The van der Waals surface area contributed by atoms with E-state index in [1.54, 1.807) is 6.92 Å². The summed E-state index contributed by atoms with van der Waals surface area (Å²) in [6.45, 7) is 20.8. The monoisotopic (exact) mass is 816 g/mol. The zero-order valence-corrected chi connectivity index (χ0v) is 37.3. The second kappa shape index (κ2) is 21.4. The van der Waals surface area contributed by atoms with Crippen molar-refractivity contribution in [3.63, 3.8) is 0 Å². The highest BCUT2D eigenvalue weighted by molar-refractivity contribution is 5.98. The van der Waals surface area contributed by atoms with E-state index in [0.29, 0.717) is 32.3 Å². The van der Waals surface area contributed by atoms with Crippen LogP contribution in [-0.2, 0) is 41.6 Å². The Morgan fingerprint density at radius 1 is 0.678 bits per heavy atom. The number of piperidine rings is 1. The maximum absolute atomic E-state index is 14.3. The lowest BCUT2D eigenvalue weighted by Gasteiger charge is -2.45. The van der Waals surface area contributed by atoms with Crippen molar-refractivity contribution in [3.8, 4) is 0 Å². The molecule has 0 bridgehead atoms. The summed E-state index contributed by atoms with van der Waals surface area (Å²) in [5.74, 6) is -1.72. The van der Waals surface area contributed by atoms with Gasteiger partial charge < -0.3 is 26.0 Å². The molecule has 2 saturated heterocycles. The van der Waals surface area contributed by atoms with Gasteiger partial charge in [0, 0.05) is 18.4 Å². The summed E-state index contributed by atoms with van der Waals surface area (Å²) in [6, 6.07) is 15.5. The third-order valence-corrected chi connectivity index (χ3v) is 11.7. The van der Waals surface area contributed by atoms with E-state index < -0.39 is 47.5 Å². The van der Waals surface area contributed by atoms with Crippen LogP contribution < -0.4 is 21.3 Å². The van der Waals surface area contributed by atoms with Crippen LogP contribution >= 0.6 is 0 Å². The summed E-state index contributed by atoms with van der Waals surface area (Å²) >= 11 is 0. The van der Waals surface area contributed by atoms with Gasteiger partial charge in [0.15, 0.2) is 5.78 Å². The average molecular weight is 816 g/mol. The first-order valence-electron chi connectivity index (χ1n) is 22.0. The summed E-state index contributed by atoms with van der Waals surface area (Å²) in [4.78, 5) is 72.5. The number of hydrogen-bond donors (Lipinski definition) is 4. The number of likely N-dealkylation sites (tertiary alicyclic amines) is 1. The van der Waals surface area contributed by atoms with Crippen LogP contribution in [0.3, 0.4) is 0 Å². The maximum atomic E-state index is 14.3. The van der Waals surface area contributed by atoms with Gasteiger partial charge in [0.1, 0.15) is 23.7 Å². The molecule has 59 heavy (non-hydrogen) atoms. The highest BCUT2D eigenvalue weighted by Gasteiger charge is 2.50. The van der Waals surface area contributed by atoms with E-state index in [-0.39, 0.29) is 47.3 Å². The van der Waals surface area contributed by atoms with E-state index in [0.717, 1.165) is 30.6 Å². The van der Waals surface area contributed by atoms with Gasteiger partial charge in [-0.25, -0.2) is 0 Å². The van der Waals surface area contributed by atoms with Gasteiger partial charge in [-0.1, -0.05) is 109 Å². The van der Waals surface area contributed by atoms with Crippen LogP contribution in [0.1, 0.15) is 125 Å². The van der Waals surface area contributed by atoms with Gasteiger partial charge >= 0.3 is 0 Å². The number of nitrogens with zero attached hydrogens (tertiary/aromatic N) is 1. The summed E-state index contributed by atoms with van der Waals surface area (Å²) in [5, 5.41) is 11.9. The lowest BCUT2D eigenvalue weighted by Crippen LogP contribution is -2.59. The van der Waals surface area contributed by atoms with Gasteiger partial charge in [-0.05, 0) is 107 Å². The minimum Gasteiger partial charge on any atom is -0.361 e. The van der Waals surface area contributed by atoms with Crippen molar-refractivity contribution in [2.45, 2.75) is 162 Å². The van der Waals surface area contributed by atoms with Crippen molar-refractivity contribution in [3.05, 3.63) is 71.8 Å². The number of epoxide rings is 1. The first kappa shape index (κ1) is 47.6. The third kappa shape index (κ3) is 15.5. The fourth-order valence-corrected chi connectivity index (χ4v) is 8.65. The van der Waals surface area contributed by atoms with Gasteiger partial charge in [-0.15, -0.1) is 0 Å². The number of aryl methyl sites for hydroxylation is 1. The Labute approximate surface area is 353 Å². The molecule has 0 unspecified atom stereocenters. The lowest BCUT2D eigenvalue weighted by molar-refractivity contribution is -0.135. The van der Waals surface area contributed by atoms with Gasteiger partial charge in [-0.3, -0.25) is 28.9 Å². The van der Waals surface area contributed by atoms with Gasteiger partial charge in [-0.2, -0.15) is 0 Å². The Hall–Kier alpha value is -4.09. The van der Waals surface area contributed by atoms with Crippen molar-refractivity contribution < 1.29 is 28.7 Å². The van der Waals surface area contributed by atoms with Gasteiger partial charge in [0.25, 0.3) is 0 Å². The molecule has 0 spiro atoms. The van der Waals surface area contributed by atoms with E-state index in [2.05, 4.69) is 53.9 Å². The van der Waals surface area contributed by atoms with Crippen LogP contribution in [-0.4, -0.2) is 89.3 Å².